The molecular formula is C11H10ClIN4. The molecule has 0 atom stereocenters. The summed E-state index contributed by atoms with van der Waals surface area (Å²) in [6.07, 6.45) is 1.44. The maximum absolute atomic E-state index is 5.90. The fourth-order valence-corrected chi connectivity index (χ4v) is 2.31. The van der Waals surface area contributed by atoms with Gasteiger partial charge in [0.25, 0.3) is 0 Å². The average molecular weight is 361 g/mol. The minimum absolute atomic E-state index is 0.478. The zero-order chi connectivity index (χ0) is 12.4. The molecule has 2 rings (SSSR count). The third kappa shape index (κ3) is 2.78. The van der Waals surface area contributed by atoms with E-state index in [1.807, 2.05) is 25.1 Å². The van der Waals surface area contributed by atoms with Gasteiger partial charge in [0.2, 0.25) is 0 Å². The first kappa shape index (κ1) is 12.4. The first-order chi connectivity index (χ1) is 8.08. The molecule has 1 heterocycles. The maximum atomic E-state index is 5.90. The molecule has 0 spiro atoms. The zero-order valence-electron chi connectivity index (χ0n) is 9.04. The van der Waals surface area contributed by atoms with Gasteiger partial charge in [-0.1, -0.05) is 11.6 Å². The Morgan fingerprint density at radius 3 is 2.82 bits per heavy atom. The smallest absolute Gasteiger partial charge is 0.138 e. The summed E-state index contributed by atoms with van der Waals surface area (Å²) in [6.45, 7) is 1.88. The van der Waals surface area contributed by atoms with Gasteiger partial charge in [0.05, 0.1) is 5.69 Å². The van der Waals surface area contributed by atoms with Crippen LogP contribution >= 0.6 is 34.2 Å². The topological polar surface area (TPSA) is 63.8 Å². The summed E-state index contributed by atoms with van der Waals surface area (Å²) in [4.78, 5) is 8.08. The molecule has 3 N–H and O–H groups in total. The summed E-state index contributed by atoms with van der Waals surface area (Å²) in [7, 11) is 0. The Morgan fingerprint density at radius 1 is 1.35 bits per heavy atom. The quantitative estimate of drug-likeness (QED) is 0.806. The van der Waals surface area contributed by atoms with E-state index in [1.165, 1.54) is 6.33 Å². The third-order valence-corrected chi connectivity index (χ3v) is 3.43. The van der Waals surface area contributed by atoms with Gasteiger partial charge in [-0.3, -0.25) is 0 Å². The molecule has 0 amide bonds. The van der Waals surface area contributed by atoms with Crippen LogP contribution in [0.2, 0.25) is 5.02 Å². The number of aromatic nitrogens is 2. The summed E-state index contributed by atoms with van der Waals surface area (Å²) < 4.78 is 1.02. The van der Waals surface area contributed by atoms with Crippen molar-refractivity contribution in [3.05, 3.63) is 38.7 Å². The van der Waals surface area contributed by atoms with Crippen LogP contribution in [-0.4, -0.2) is 9.97 Å². The van der Waals surface area contributed by atoms with E-state index < -0.39 is 0 Å². The molecule has 1 aromatic heterocycles. The number of benzene rings is 1. The Hall–Kier alpha value is -1.08. The molecule has 2 aromatic rings. The Balaban J connectivity index is 2.35. The lowest BCUT2D eigenvalue weighted by atomic mass is 10.3. The van der Waals surface area contributed by atoms with E-state index in [1.54, 1.807) is 0 Å². The molecule has 0 unspecified atom stereocenters. The predicted octanol–water partition coefficient (Wildman–Crippen LogP) is 3.37. The zero-order valence-corrected chi connectivity index (χ0v) is 12.0. The van der Waals surface area contributed by atoms with Crippen LogP contribution < -0.4 is 11.1 Å². The number of rotatable bonds is 2. The van der Waals surface area contributed by atoms with Gasteiger partial charge in [-0.2, -0.15) is 0 Å². The van der Waals surface area contributed by atoms with Crippen LogP contribution in [-0.2, 0) is 0 Å². The van der Waals surface area contributed by atoms with Gasteiger partial charge >= 0.3 is 0 Å². The van der Waals surface area contributed by atoms with Gasteiger partial charge in [0.15, 0.2) is 0 Å². The van der Waals surface area contributed by atoms with Crippen LogP contribution in [0.15, 0.2) is 24.5 Å². The van der Waals surface area contributed by atoms with Crippen LogP contribution in [0, 0.1) is 10.5 Å². The molecular weight excluding hydrogens is 351 g/mol. The Labute approximate surface area is 118 Å². The number of hydrogen-bond donors (Lipinski definition) is 2. The minimum Gasteiger partial charge on any atom is -0.383 e. The molecule has 0 saturated heterocycles. The number of nitrogens with one attached hydrogen (secondary N) is 1. The highest BCUT2D eigenvalue weighted by atomic mass is 127. The molecule has 0 aliphatic rings. The lowest BCUT2D eigenvalue weighted by molar-refractivity contribution is 1.14. The van der Waals surface area contributed by atoms with E-state index in [0.717, 1.165) is 14.8 Å². The number of nitrogen functional groups attached to an aromatic ring is 1. The van der Waals surface area contributed by atoms with Gasteiger partial charge in [0, 0.05) is 14.2 Å². The second kappa shape index (κ2) is 5.05. The lowest BCUT2D eigenvalue weighted by Crippen LogP contribution is -2.02. The van der Waals surface area contributed by atoms with Gasteiger partial charge in [-0.05, 0) is 47.7 Å². The highest BCUT2D eigenvalue weighted by molar-refractivity contribution is 14.1. The van der Waals surface area contributed by atoms with Crippen molar-refractivity contribution in [3.8, 4) is 0 Å². The highest BCUT2D eigenvalue weighted by Gasteiger charge is 2.06. The van der Waals surface area contributed by atoms with E-state index in [2.05, 4.69) is 37.9 Å². The molecule has 0 radical (unpaired) electrons. The number of hydrogen-bond acceptors (Lipinski definition) is 4. The molecule has 0 aliphatic carbocycles. The van der Waals surface area contributed by atoms with Crippen molar-refractivity contribution >= 4 is 51.5 Å². The minimum atomic E-state index is 0.478. The van der Waals surface area contributed by atoms with E-state index in [0.29, 0.717) is 16.7 Å². The molecule has 6 heteroatoms. The van der Waals surface area contributed by atoms with Crippen LogP contribution in [0.1, 0.15) is 5.56 Å². The highest BCUT2D eigenvalue weighted by Crippen LogP contribution is 2.26. The predicted molar refractivity (Wildman–Crippen MR) is 78.6 cm³/mol. The summed E-state index contributed by atoms with van der Waals surface area (Å²) >= 11 is 8.11. The van der Waals surface area contributed by atoms with Crippen molar-refractivity contribution in [1.29, 1.82) is 0 Å². The Morgan fingerprint density at radius 2 is 2.12 bits per heavy atom. The fourth-order valence-electron chi connectivity index (χ4n) is 1.31. The lowest BCUT2D eigenvalue weighted by Gasteiger charge is -2.10. The fraction of sp³-hybridized carbons (Fsp3) is 0.0909. The molecule has 17 heavy (non-hydrogen) atoms. The molecule has 0 bridgehead atoms. The first-order valence-electron chi connectivity index (χ1n) is 4.87. The second-order valence-corrected chi connectivity index (χ2v) is 5.08. The number of halogens is 2. The molecule has 4 nitrogen and oxygen atoms in total. The van der Waals surface area contributed by atoms with E-state index in [-0.39, 0.29) is 0 Å². The molecule has 0 aliphatic heterocycles. The van der Waals surface area contributed by atoms with Crippen molar-refractivity contribution in [2.75, 3.05) is 11.1 Å². The maximum Gasteiger partial charge on any atom is 0.138 e. The van der Waals surface area contributed by atoms with Gasteiger partial charge < -0.3 is 11.1 Å². The second-order valence-electron chi connectivity index (χ2n) is 3.48. The summed E-state index contributed by atoms with van der Waals surface area (Å²) in [5.41, 5.74) is 7.49. The van der Waals surface area contributed by atoms with Crippen molar-refractivity contribution in [2.24, 2.45) is 0 Å². The van der Waals surface area contributed by atoms with E-state index in [9.17, 15) is 0 Å². The van der Waals surface area contributed by atoms with E-state index in [4.69, 9.17) is 17.3 Å². The molecule has 0 fully saturated rings. The van der Waals surface area contributed by atoms with Gasteiger partial charge in [-0.15, -0.1) is 0 Å². The first-order valence-corrected chi connectivity index (χ1v) is 6.32. The standard InChI is InChI=1S/C11H10ClIN4/c1-6-10(14)15-5-16-11(6)17-9-3-2-7(12)4-8(9)13/h2-5H,1H3,(H3,14,15,16,17). The normalized spacial score (nSPS) is 10.3. The molecule has 1 aromatic carbocycles. The van der Waals surface area contributed by atoms with Crippen molar-refractivity contribution < 1.29 is 0 Å². The van der Waals surface area contributed by atoms with Crippen LogP contribution in [0.5, 0.6) is 0 Å². The van der Waals surface area contributed by atoms with E-state index >= 15 is 0 Å². The average Bonchev–Trinajstić information content (AvgIpc) is 2.28. The molecule has 0 saturated carbocycles. The van der Waals surface area contributed by atoms with Crippen molar-refractivity contribution in [1.82, 2.24) is 9.97 Å². The molecule has 88 valence electrons. The van der Waals surface area contributed by atoms with Crippen molar-refractivity contribution in [3.63, 3.8) is 0 Å². The largest absolute Gasteiger partial charge is 0.383 e. The van der Waals surface area contributed by atoms with Crippen LogP contribution in [0.3, 0.4) is 0 Å². The van der Waals surface area contributed by atoms with Gasteiger partial charge in [-0.25, -0.2) is 9.97 Å². The van der Waals surface area contributed by atoms with Crippen LogP contribution in [0.25, 0.3) is 0 Å². The van der Waals surface area contributed by atoms with Crippen molar-refractivity contribution in [2.45, 2.75) is 6.92 Å². The SMILES string of the molecule is Cc1c(N)ncnc1Nc1ccc(Cl)cc1I. The Bertz CT molecular complexity index is 559. The Kier molecular flexibility index (Phi) is 3.68. The number of nitrogens with two attached hydrogens (primary N) is 1. The summed E-state index contributed by atoms with van der Waals surface area (Å²) in [5, 5.41) is 3.92. The summed E-state index contributed by atoms with van der Waals surface area (Å²) in [5.74, 6) is 1.18. The monoisotopic (exact) mass is 360 g/mol. The number of anilines is 3. The number of nitrogens with zero attached hydrogens (tertiary/aromatic N) is 2. The third-order valence-electron chi connectivity index (χ3n) is 2.31. The van der Waals surface area contributed by atoms with Crippen LogP contribution in [0.4, 0.5) is 17.3 Å². The van der Waals surface area contributed by atoms with Gasteiger partial charge in [0.1, 0.15) is 18.0 Å². The summed E-state index contributed by atoms with van der Waals surface area (Å²) in [6, 6.07) is 5.61.